The summed E-state index contributed by atoms with van der Waals surface area (Å²) in [5.74, 6) is -14.1. The molecule has 6 unspecified atom stereocenters. The summed E-state index contributed by atoms with van der Waals surface area (Å²) in [6, 6.07) is -0.0403. The third-order valence-electron chi connectivity index (χ3n) is 19.9. The van der Waals surface area contributed by atoms with Gasteiger partial charge in [-0.2, -0.15) is 27.5 Å². The van der Waals surface area contributed by atoms with Gasteiger partial charge in [0.15, 0.2) is 12.2 Å². The topological polar surface area (TPSA) is 476 Å². The molecule has 36 nitrogen and oxygen atoms in total. The Morgan fingerprint density at radius 1 is 0.500 bits per heavy atom. The summed E-state index contributed by atoms with van der Waals surface area (Å²) in [4.78, 5) is 190. The lowest BCUT2D eigenvalue weighted by Gasteiger charge is -2.31. The highest BCUT2D eigenvalue weighted by Crippen LogP contribution is 2.43. The van der Waals surface area contributed by atoms with Crippen LogP contribution in [0.2, 0.25) is 0 Å². The Labute approximate surface area is 623 Å². The molecule has 4 aromatic heterocycles. The zero-order valence-corrected chi connectivity index (χ0v) is 59.4. The van der Waals surface area contributed by atoms with Crippen LogP contribution in [-0.2, 0) is 47.8 Å². The minimum absolute atomic E-state index is 0.00443. The first-order valence-corrected chi connectivity index (χ1v) is 35.7. The normalized spacial score (nSPS) is 25.3. The minimum Gasteiger partial charge on any atom is -0.394 e. The summed E-state index contributed by atoms with van der Waals surface area (Å²) in [6.07, 6.45) is 6.03. The first-order valence-electron chi connectivity index (χ1n) is 35.7. The van der Waals surface area contributed by atoms with E-state index >= 15 is 0 Å². The van der Waals surface area contributed by atoms with E-state index in [0.717, 1.165) is 24.5 Å². The number of aliphatic hydroxyl groups excluding tert-OH is 4. The third-order valence-corrected chi connectivity index (χ3v) is 19.9. The molecule has 0 aromatic carbocycles. The Bertz CT molecular complexity index is 4130. The molecule has 12 rings (SSSR count). The molecular formula is C70H82F4N18O18. The summed E-state index contributed by atoms with van der Waals surface area (Å²) >= 11 is 0. The van der Waals surface area contributed by atoms with Crippen molar-refractivity contribution in [2.24, 2.45) is 9.98 Å². The fourth-order valence-electron chi connectivity index (χ4n) is 14.2. The number of alkyl halides is 4. The number of anilines is 2. The summed E-state index contributed by atoms with van der Waals surface area (Å²) in [5, 5.41) is 53.9. The molecule has 0 saturated carbocycles. The lowest BCUT2D eigenvalue weighted by Crippen LogP contribution is -2.57. The Hall–Kier alpha value is -10.9. The number of allylic oxidation sites excluding steroid dienone is 2. The Balaban J connectivity index is 0.000000218. The molecule has 0 spiro atoms. The van der Waals surface area contributed by atoms with Crippen LogP contribution in [-0.4, -0.2) is 265 Å². The number of carbonyl (C=O) groups excluding carboxylic acids is 10. The van der Waals surface area contributed by atoms with Crippen molar-refractivity contribution in [1.29, 1.82) is 0 Å². The first-order chi connectivity index (χ1) is 52.6. The molecule has 8 aliphatic heterocycles. The number of pyridine rings is 2. The largest absolute Gasteiger partial charge is 0.394 e. The summed E-state index contributed by atoms with van der Waals surface area (Å²) < 4.78 is 69.4. The highest BCUT2D eigenvalue weighted by Gasteiger charge is 2.61. The predicted octanol–water partition coefficient (Wildman–Crippen LogP) is -1.01. The van der Waals surface area contributed by atoms with Gasteiger partial charge in [0, 0.05) is 124 Å². The average Bonchev–Trinajstić information content (AvgIpc) is 1.61. The second-order valence-electron chi connectivity index (χ2n) is 27.3. The molecule has 6 fully saturated rings. The molecule has 12 heterocycles. The highest BCUT2D eigenvalue weighted by molar-refractivity contribution is 6.02. The molecule has 6 saturated heterocycles. The summed E-state index contributed by atoms with van der Waals surface area (Å²) in [6.45, 7) is 2.05. The van der Waals surface area contributed by atoms with Crippen molar-refractivity contribution in [1.82, 2.24) is 69.9 Å². The quantitative estimate of drug-likeness (QED) is 0.0376. The van der Waals surface area contributed by atoms with Gasteiger partial charge in [0.1, 0.15) is 72.2 Å². The third kappa shape index (κ3) is 17.7. The van der Waals surface area contributed by atoms with Crippen molar-refractivity contribution in [2.45, 2.75) is 188 Å². The summed E-state index contributed by atoms with van der Waals surface area (Å²) in [5.41, 5.74) is -0.742. The van der Waals surface area contributed by atoms with Crippen molar-refractivity contribution in [3.63, 3.8) is 0 Å². The van der Waals surface area contributed by atoms with Gasteiger partial charge in [-0.1, -0.05) is 12.2 Å². The van der Waals surface area contributed by atoms with E-state index < -0.39 is 181 Å². The van der Waals surface area contributed by atoms with Crippen LogP contribution < -0.4 is 43.3 Å². The first kappa shape index (κ1) is 80.1. The molecule has 0 aliphatic carbocycles. The second-order valence-corrected chi connectivity index (χ2v) is 27.3. The van der Waals surface area contributed by atoms with Crippen LogP contribution in [0.5, 0.6) is 0 Å². The number of aromatic nitrogens is 6. The number of rotatable bonds is 24. The number of halogens is 4. The van der Waals surface area contributed by atoms with Gasteiger partial charge in [-0.05, 0) is 102 Å². The molecule has 10 amide bonds. The molecule has 4 aromatic rings. The van der Waals surface area contributed by atoms with Crippen molar-refractivity contribution >= 4 is 83.1 Å². The van der Waals surface area contributed by atoms with Crippen LogP contribution >= 0.6 is 0 Å². The molecule has 14 atom stereocenters. The van der Waals surface area contributed by atoms with E-state index in [1.54, 1.807) is 24.6 Å². The van der Waals surface area contributed by atoms with Crippen LogP contribution in [0.1, 0.15) is 124 Å². The van der Waals surface area contributed by atoms with E-state index in [-0.39, 0.29) is 63.5 Å². The van der Waals surface area contributed by atoms with Gasteiger partial charge >= 0.3 is 23.2 Å². The number of aliphatic hydroxyl groups is 4. The minimum atomic E-state index is -3.93. The van der Waals surface area contributed by atoms with Crippen molar-refractivity contribution in [3.05, 3.63) is 129 Å². The molecule has 0 bridgehead atoms. The monoisotopic (exact) mass is 1540 g/mol. The SMILES string of the molecule is C[C@@H](NC(=O)c1ccncc1)C(=O)N1CCC[C@H]1C(=O)N[C@@H](CC1=CCC=N1)C(=O)N1CCC[C@@H]1C(=O)Nc1ccn(C2OC(CO)C(O)C2(F)F)c(=O)n1.C[C@@H](NC(=O)c1ccncc1)C(=O)N1CCC[C@H]1C(=O)N[C@@H](CC1=CCC=N1)C(=O)N1CCC[C@@H]1C(=O)Nc1ccn(C2OC(CO)C(O)C2(F)F)c(=O)n1. The van der Waals surface area contributed by atoms with Crippen molar-refractivity contribution in [3.8, 4) is 0 Å². The number of likely N-dealkylation sites (tertiary alicyclic amines) is 4. The van der Waals surface area contributed by atoms with E-state index in [0.29, 0.717) is 83.0 Å². The molecule has 8 aliphatic rings. The molecule has 110 heavy (non-hydrogen) atoms. The van der Waals surface area contributed by atoms with Gasteiger partial charge in [0.2, 0.25) is 59.7 Å². The van der Waals surface area contributed by atoms with Gasteiger partial charge in [0.25, 0.3) is 11.8 Å². The number of carbonyl (C=O) groups is 10. The van der Waals surface area contributed by atoms with Gasteiger partial charge in [0.05, 0.1) is 13.2 Å². The Morgan fingerprint density at radius 3 is 1.15 bits per heavy atom. The van der Waals surface area contributed by atoms with E-state index in [1.807, 2.05) is 0 Å². The van der Waals surface area contributed by atoms with Crippen LogP contribution in [0.15, 0.2) is 117 Å². The molecular weight excluding hydrogens is 1460 g/mol. The average molecular weight is 1540 g/mol. The Kier molecular flexibility index (Phi) is 25.3. The number of nitrogens with zero attached hydrogens (tertiary/aromatic N) is 12. The maximum Gasteiger partial charge on any atom is 0.351 e. The predicted molar refractivity (Wildman–Crippen MR) is 375 cm³/mol. The van der Waals surface area contributed by atoms with Gasteiger partial charge < -0.3 is 81.4 Å². The fourth-order valence-corrected chi connectivity index (χ4v) is 14.2. The number of ether oxygens (including phenoxy) is 2. The Morgan fingerprint density at radius 2 is 0.836 bits per heavy atom. The standard InChI is InChI=1S/2C35H41F2N9O9/c2*1-19(40-28(49)20-8-12-38-13-9-20)31(52)44-14-3-6-23(44)29(50)41-22(17-21-5-2-11-39-21)32(53)45-15-4-7-24(45)30(51)42-26-10-16-46(34(54)43-26)33-35(36,37)27(48)25(18-47)55-33/h2*5,8-13,16,19,22-25,27,33,47-48H,2-4,6-7,14-15,17-18H2,1H3,(H,40,49)(H,41,50)(H,42,43,51,54)/t2*19-,22+,23+,24-,25?,27?,33?/m11/s1. The van der Waals surface area contributed by atoms with Gasteiger partial charge in [-0.3, -0.25) is 77.0 Å². The summed E-state index contributed by atoms with van der Waals surface area (Å²) in [7, 11) is 0. The number of aliphatic imine (C=N–C) groups is 2. The molecule has 10 N–H and O–H groups in total. The lowest BCUT2D eigenvalue weighted by molar-refractivity contribution is -0.143. The van der Waals surface area contributed by atoms with E-state index in [2.05, 4.69) is 61.8 Å². The number of nitrogens with one attached hydrogen (secondary N) is 6. The van der Waals surface area contributed by atoms with Crippen molar-refractivity contribution in [2.75, 3.05) is 50.0 Å². The zero-order chi connectivity index (χ0) is 78.9. The zero-order valence-electron chi connectivity index (χ0n) is 59.4. The number of amides is 10. The maximum atomic E-state index is 14.6. The van der Waals surface area contributed by atoms with Crippen LogP contribution in [0.3, 0.4) is 0 Å². The van der Waals surface area contributed by atoms with Gasteiger partial charge in [-0.25, -0.2) is 9.59 Å². The van der Waals surface area contributed by atoms with E-state index in [9.17, 15) is 95.5 Å². The van der Waals surface area contributed by atoms with Crippen LogP contribution in [0.25, 0.3) is 0 Å². The van der Waals surface area contributed by atoms with Gasteiger partial charge in [-0.15, -0.1) is 0 Å². The smallest absolute Gasteiger partial charge is 0.351 e. The van der Waals surface area contributed by atoms with Crippen LogP contribution in [0, 0.1) is 0 Å². The van der Waals surface area contributed by atoms with Crippen molar-refractivity contribution < 1.29 is 95.4 Å². The highest BCUT2D eigenvalue weighted by atomic mass is 19.3. The molecule has 0 radical (unpaired) electrons. The number of hydrogen-bond acceptors (Lipinski definition) is 24. The van der Waals surface area contributed by atoms with E-state index in [4.69, 9.17) is 9.47 Å². The van der Waals surface area contributed by atoms with Crippen LogP contribution in [0.4, 0.5) is 29.2 Å². The molecule has 40 heteroatoms. The maximum absolute atomic E-state index is 14.6. The lowest BCUT2D eigenvalue weighted by atomic mass is 10.1. The molecule has 588 valence electrons. The fraction of sp³-hybridized carbons (Fsp3) is 0.514. The second kappa shape index (κ2) is 34.7. The van der Waals surface area contributed by atoms with E-state index in [1.165, 1.54) is 82.5 Å². The number of hydrogen-bond donors (Lipinski definition) is 10.